The minimum Gasteiger partial charge on any atom is -0.508 e. The molecule has 1 aliphatic rings. The number of hydrogen-bond donors (Lipinski definition) is 1. The Morgan fingerprint density at radius 3 is 1.91 bits per heavy atom. The van der Waals surface area contributed by atoms with Gasteiger partial charge in [-0.05, 0) is 24.3 Å². The lowest BCUT2D eigenvalue weighted by atomic mass is 10.1. The van der Waals surface area contributed by atoms with Crippen LogP contribution in [0.1, 0.15) is 20.7 Å². The lowest BCUT2D eigenvalue weighted by Crippen LogP contribution is -2.29. The normalized spacial score (nSPS) is 12.3. The molecular formula is C17H16N2O4. The molecule has 2 aromatic rings. The van der Waals surface area contributed by atoms with E-state index in [-0.39, 0.29) is 17.6 Å². The summed E-state index contributed by atoms with van der Waals surface area (Å²) in [4.78, 5) is 36.2. The van der Waals surface area contributed by atoms with E-state index in [1.165, 1.54) is 17.0 Å². The van der Waals surface area contributed by atoms with Crippen LogP contribution in [0.4, 0.5) is 5.69 Å². The zero-order valence-electron chi connectivity index (χ0n) is 12.8. The van der Waals surface area contributed by atoms with Gasteiger partial charge in [0.15, 0.2) is 0 Å². The summed E-state index contributed by atoms with van der Waals surface area (Å²) in [6.45, 7) is 0. The number of carbonyl (C=O) groups excluding carboxylic acids is 3. The maximum Gasteiger partial charge on any atom is 0.266 e. The molecular weight excluding hydrogens is 296 g/mol. The van der Waals surface area contributed by atoms with Crippen LogP contribution in [0.25, 0.3) is 0 Å². The average molecular weight is 312 g/mol. The summed E-state index contributed by atoms with van der Waals surface area (Å²) in [5, 5.41) is 9.41. The van der Waals surface area contributed by atoms with Crippen molar-refractivity contribution in [3.63, 3.8) is 0 Å². The molecule has 0 saturated carbocycles. The second-order valence-electron chi connectivity index (χ2n) is 5.08. The zero-order valence-corrected chi connectivity index (χ0v) is 12.8. The number of rotatable bonds is 2. The summed E-state index contributed by atoms with van der Waals surface area (Å²) >= 11 is 0. The Morgan fingerprint density at radius 2 is 1.48 bits per heavy atom. The first-order valence-corrected chi connectivity index (χ1v) is 6.84. The van der Waals surface area contributed by atoms with E-state index in [9.17, 15) is 19.5 Å². The molecule has 23 heavy (non-hydrogen) atoms. The number of hydrogen-bond acceptors (Lipinski definition) is 4. The van der Waals surface area contributed by atoms with Crippen LogP contribution in [0.15, 0.2) is 48.5 Å². The van der Waals surface area contributed by atoms with Gasteiger partial charge in [-0.1, -0.05) is 18.2 Å². The summed E-state index contributed by atoms with van der Waals surface area (Å²) in [7, 11) is 3.38. The highest BCUT2D eigenvalue weighted by Crippen LogP contribution is 2.29. The summed E-state index contributed by atoms with van der Waals surface area (Å²) in [6, 6.07) is 12.8. The highest BCUT2D eigenvalue weighted by atomic mass is 16.3. The second-order valence-corrected chi connectivity index (χ2v) is 5.08. The third-order valence-corrected chi connectivity index (χ3v) is 3.09. The van der Waals surface area contributed by atoms with Gasteiger partial charge in [0.05, 0.1) is 16.8 Å². The Kier molecular flexibility index (Phi) is 4.75. The van der Waals surface area contributed by atoms with Gasteiger partial charge in [0.1, 0.15) is 5.75 Å². The fourth-order valence-corrected chi connectivity index (χ4v) is 2.06. The van der Waals surface area contributed by atoms with Crippen LogP contribution in [0.2, 0.25) is 0 Å². The number of aromatic hydroxyl groups is 1. The van der Waals surface area contributed by atoms with Gasteiger partial charge in [0.25, 0.3) is 11.8 Å². The Labute approximate surface area is 133 Å². The van der Waals surface area contributed by atoms with E-state index < -0.39 is 0 Å². The van der Waals surface area contributed by atoms with Crippen molar-refractivity contribution in [2.24, 2.45) is 0 Å². The van der Waals surface area contributed by atoms with Crippen LogP contribution in [-0.2, 0) is 4.79 Å². The number of amides is 3. The number of imide groups is 1. The second kappa shape index (κ2) is 6.74. The zero-order chi connectivity index (χ0) is 17.0. The third kappa shape index (κ3) is 3.37. The van der Waals surface area contributed by atoms with Crippen molar-refractivity contribution < 1.29 is 19.5 Å². The molecule has 0 spiro atoms. The van der Waals surface area contributed by atoms with E-state index in [0.29, 0.717) is 16.8 Å². The minimum atomic E-state index is -0.360. The van der Waals surface area contributed by atoms with Crippen molar-refractivity contribution in [3.05, 3.63) is 59.7 Å². The van der Waals surface area contributed by atoms with E-state index in [0.717, 1.165) is 11.3 Å². The lowest BCUT2D eigenvalue weighted by Gasteiger charge is -2.13. The van der Waals surface area contributed by atoms with Crippen molar-refractivity contribution in [1.82, 2.24) is 4.90 Å². The quantitative estimate of drug-likeness (QED) is 0.678. The highest BCUT2D eigenvalue weighted by molar-refractivity contribution is 6.34. The van der Waals surface area contributed by atoms with Gasteiger partial charge in [0, 0.05) is 20.2 Å². The summed E-state index contributed by atoms with van der Waals surface area (Å²) in [5.74, 6) is -0.702. The Morgan fingerprint density at radius 1 is 0.957 bits per heavy atom. The first kappa shape index (κ1) is 16.2. The van der Waals surface area contributed by atoms with E-state index in [1.54, 1.807) is 50.5 Å². The minimum absolute atomic E-state index is 0.0176. The van der Waals surface area contributed by atoms with Gasteiger partial charge >= 0.3 is 0 Å². The predicted octanol–water partition coefficient (Wildman–Crippen LogP) is 1.90. The maximum atomic E-state index is 12.1. The van der Waals surface area contributed by atoms with Crippen LogP contribution in [0, 0.1) is 0 Å². The molecule has 1 heterocycles. The number of phenolic OH excluding ortho intramolecular Hbond substituents is 1. The van der Waals surface area contributed by atoms with Crippen LogP contribution >= 0.6 is 0 Å². The van der Waals surface area contributed by atoms with Crippen molar-refractivity contribution >= 4 is 23.9 Å². The van der Waals surface area contributed by atoms with E-state index >= 15 is 0 Å². The molecule has 0 fully saturated rings. The fraction of sp³-hybridized carbons (Fsp3) is 0.118. The number of benzene rings is 2. The third-order valence-electron chi connectivity index (χ3n) is 3.09. The largest absolute Gasteiger partial charge is 0.508 e. The van der Waals surface area contributed by atoms with E-state index in [2.05, 4.69) is 0 Å². The molecule has 0 aromatic heterocycles. The molecule has 0 radical (unpaired) electrons. The summed E-state index contributed by atoms with van der Waals surface area (Å²) < 4.78 is 0. The summed E-state index contributed by atoms with van der Waals surface area (Å²) in [6.07, 6.45) is 0.750. The maximum absolute atomic E-state index is 12.1. The highest BCUT2D eigenvalue weighted by Gasteiger charge is 2.36. The molecule has 6 nitrogen and oxygen atoms in total. The monoisotopic (exact) mass is 312 g/mol. The molecule has 2 aromatic carbocycles. The van der Waals surface area contributed by atoms with Gasteiger partial charge in [-0.25, -0.2) is 4.90 Å². The Balaban J connectivity index is 0.000000338. The van der Waals surface area contributed by atoms with E-state index in [1.807, 2.05) is 0 Å². The van der Waals surface area contributed by atoms with Gasteiger partial charge in [0.2, 0.25) is 6.41 Å². The molecule has 0 saturated heterocycles. The van der Waals surface area contributed by atoms with Crippen molar-refractivity contribution in [1.29, 1.82) is 0 Å². The van der Waals surface area contributed by atoms with Gasteiger partial charge in [-0.2, -0.15) is 0 Å². The van der Waals surface area contributed by atoms with Gasteiger partial charge < -0.3 is 10.0 Å². The fourth-order valence-electron chi connectivity index (χ4n) is 2.06. The molecule has 0 aliphatic carbocycles. The lowest BCUT2D eigenvalue weighted by molar-refractivity contribution is -0.115. The van der Waals surface area contributed by atoms with Crippen molar-refractivity contribution in [2.75, 3.05) is 19.0 Å². The molecule has 0 bridgehead atoms. The van der Waals surface area contributed by atoms with E-state index in [4.69, 9.17) is 0 Å². The van der Waals surface area contributed by atoms with Crippen molar-refractivity contribution in [3.8, 4) is 5.75 Å². The molecule has 1 N–H and O–H groups in total. The summed E-state index contributed by atoms with van der Waals surface area (Å²) in [5.41, 5.74) is 1.16. The number of carbonyl (C=O) groups is 3. The standard InChI is InChI=1S/C14H9NO3.C3H7NO/c16-10-5-3-4-9(8-10)15-13(17)11-6-1-2-7-12(11)14(15)18;1-4(2)3-5/h1-8,16H;3H,1-2H3. The number of nitrogens with zero attached hydrogens (tertiary/aromatic N) is 2. The average Bonchev–Trinajstić information content (AvgIpc) is 2.80. The molecule has 0 unspecified atom stereocenters. The first-order valence-electron chi connectivity index (χ1n) is 6.84. The molecule has 3 amide bonds. The van der Waals surface area contributed by atoms with Gasteiger partial charge in [-0.3, -0.25) is 14.4 Å². The van der Waals surface area contributed by atoms with Crippen LogP contribution in [-0.4, -0.2) is 42.3 Å². The molecule has 118 valence electrons. The van der Waals surface area contributed by atoms with Crippen molar-refractivity contribution in [2.45, 2.75) is 0 Å². The molecule has 3 rings (SSSR count). The molecule has 1 aliphatic heterocycles. The van der Waals surface area contributed by atoms with Crippen LogP contribution in [0.5, 0.6) is 5.75 Å². The number of fused-ring (bicyclic) bond motifs is 1. The Hall–Kier alpha value is -3.15. The van der Waals surface area contributed by atoms with Crippen LogP contribution in [0.3, 0.4) is 0 Å². The predicted molar refractivity (Wildman–Crippen MR) is 85.4 cm³/mol. The number of anilines is 1. The smallest absolute Gasteiger partial charge is 0.266 e. The SMILES string of the molecule is CN(C)C=O.O=C1c2ccccc2C(=O)N1c1cccc(O)c1. The Bertz CT molecular complexity index is 721. The van der Waals surface area contributed by atoms with Crippen LogP contribution < -0.4 is 4.90 Å². The van der Waals surface area contributed by atoms with Gasteiger partial charge in [-0.15, -0.1) is 0 Å². The molecule has 0 atom stereocenters. The number of phenols is 1. The first-order chi connectivity index (χ1) is 11.0. The molecule has 6 heteroatoms. The topological polar surface area (TPSA) is 77.9 Å².